The van der Waals surface area contributed by atoms with Gasteiger partial charge in [0, 0.05) is 17.7 Å². The van der Waals surface area contributed by atoms with Gasteiger partial charge in [0.15, 0.2) is 0 Å². The predicted molar refractivity (Wildman–Crippen MR) is 57.1 cm³/mol. The van der Waals surface area contributed by atoms with Crippen LogP contribution in [0.15, 0.2) is 0 Å². The SMILES string of the molecule is CCN1C(=O)Cc2c1nc(C)c(O)c2C. The largest absolute Gasteiger partial charge is 0.506 e. The Balaban J connectivity index is 2.64. The van der Waals surface area contributed by atoms with Crippen molar-refractivity contribution >= 4 is 11.7 Å². The molecule has 0 aromatic carbocycles. The number of carbonyl (C=O) groups excluding carboxylic acids is 1. The van der Waals surface area contributed by atoms with Gasteiger partial charge in [-0.2, -0.15) is 0 Å². The van der Waals surface area contributed by atoms with Gasteiger partial charge in [-0.3, -0.25) is 9.69 Å². The molecule has 1 aliphatic heterocycles. The number of pyridine rings is 1. The summed E-state index contributed by atoms with van der Waals surface area (Å²) in [4.78, 5) is 17.6. The zero-order chi connectivity index (χ0) is 11.2. The van der Waals surface area contributed by atoms with E-state index in [2.05, 4.69) is 4.98 Å². The van der Waals surface area contributed by atoms with Crippen molar-refractivity contribution in [1.82, 2.24) is 4.98 Å². The molecule has 0 saturated carbocycles. The number of aromatic hydroxyl groups is 1. The third-order valence-corrected chi connectivity index (χ3v) is 2.90. The fourth-order valence-corrected chi connectivity index (χ4v) is 1.99. The van der Waals surface area contributed by atoms with Gasteiger partial charge in [-0.25, -0.2) is 4.98 Å². The Kier molecular flexibility index (Phi) is 2.14. The van der Waals surface area contributed by atoms with Crippen LogP contribution in [0.5, 0.6) is 5.75 Å². The van der Waals surface area contributed by atoms with Crippen LogP contribution in [-0.2, 0) is 11.2 Å². The first kappa shape index (κ1) is 9.96. The summed E-state index contributed by atoms with van der Waals surface area (Å²) in [6.45, 7) is 6.13. The second kappa shape index (κ2) is 3.22. The minimum absolute atomic E-state index is 0.0631. The Morgan fingerprint density at radius 1 is 1.47 bits per heavy atom. The summed E-state index contributed by atoms with van der Waals surface area (Å²) in [7, 11) is 0. The Bertz CT molecular complexity index is 441. The van der Waals surface area contributed by atoms with E-state index >= 15 is 0 Å². The van der Waals surface area contributed by atoms with Crippen LogP contribution in [0.25, 0.3) is 0 Å². The Morgan fingerprint density at radius 3 is 2.73 bits per heavy atom. The first-order valence-corrected chi connectivity index (χ1v) is 5.05. The van der Waals surface area contributed by atoms with Gasteiger partial charge in [-0.1, -0.05) is 0 Å². The summed E-state index contributed by atoms with van der Waals surface area (Å²) < 4.78 is 0. The van der Waals surface area contributed by atoms with Gasteiger partial charge in [-0.15, -0.1) is 0 Å². The van der Waals surface area contributed by atoms with Gasteiger partial charge in [0.05, 0.1) is 12.1 Å². The predicted octanol–water partition coefficient (Wildman–Crippen LogP) is 1.31. The molecule has 0 radical (unpaired) electrons. The molecular formula is C11H14N2O2. The molecule has 0 unspecified atom stereocenters. The highest BCUT2D eigenvalue weighted by Gasteiger charge is 2.30. The first-order chi connectivity index (χ1) is 7.06. The molecule has 1 aromatic rings. The van der Waals surface area contributed by atoms with E-state index in [1.807, 2.05) is 13.8 Å². The van der Waals surface area contributed by atoms with Crippen molar-refractivity contribution in [2.45, 2.75) is 27.2 Å². The second-order valence-electron chi connectivity index (χ2n) is 3.79. The maximum absolute atomic E-state index is 11.6. The molecule has 1 aliphatic rings. The molecule has 2 rings (SSSR count). The summed E-state index contributed by atoms with van der Waals surface area (Å²) in [6, 6.07) is 0. The van der Waals surface area contributed by atoms with Crippen LogP contribution in [0.3, 0.4) is 0 Å². The maximum atomic E-state index is 11.6. The first-order valence-electron chi connectivity index (χ1n) is 5.05. The Morgan fingerprint density at radius 2 is 2.13 bits per heavy atom. The molecular weight excluding hydrogens is 192 g/mol. The molecule has 0 aliphatic carbocycles. The molecule has 0 saturated heterocycles. The average Bonchev–Trinajstić information content (AvgIpc) is 2.51. The molecule has 2 heterocycles. The van der Waals surface area contributed by atoms with Crippen molar-refractivity contribution in [2.24, 2.45) is 0 Å². The molecule has 0 bridgehead atoms. The highest BCUT2D eigenvalue weighted by atomic mass is 16.3. The molecule has 1 amide bonds. The summed E-state index contributed by atoms with van der Waals surface area (Å²) in [6.07, 6.45) is 0.357. The average molecular weight is 206 g/mol. The lowest BCUT2D eigenvalue weighted by Gasteiger charge is -2.15. The Labute approximate surface area is 88.6 Å². The van der Waals surface area contributed by atoms with Crippen molar-refractivity contribution in [2.75, 3.05) is 11.4 Å². The van der Waals surface area contributed by atoms with Crippen LogP contribution in [0.2, 0.25) is 0 Å². The standard InChI is InChI=1S/C11H14N2O2/c1-4-13-9(14)5-8-6(2)10(15)7(3)12-11(8)13/h15H,4-5H2,1-3H3. The fraction of sp³-hybridized carbons (Fsp3) is 0.455. The van der Waals surface area contributed by atoms with E-state index in [9.17, 15) is 9.90 Å². The van der Waals surface area contributed by atoms with Gasteiger partial charge in [0.25, 0.3) is 0 Å². The highest BCUT2D eigenvalue weighted by molar-refractivity contribution is 6.00. The molecule has 4 heteroatoms. The summed E-state index contributed by atoms with van der Waals surface area (Å²) in [5.74, 6) is 0.989. The molecule has 4 nitrogen and oxygen atoms in total. The number of anilines is 1. The number of aryl methyl sites for hydroxylation is 1. The van der Waals surface area contributed by atoms with Gasteiger partial charge < -0.3 is 5.11 Å². The number of hydrogen-bond acceptors (Lipinski definition) is 3. The van der Waals surface area contributed by atoms with E-state index < -0.39 is 0 Å². The molecule has 0 fully saturated rings. The smallest absolute Gasteiger partial charge is 0.232 e. The van der Waals surface area contributed by atoms with E-state index in [-0.39, 0.29) is 11.7 Å². The van der Waals surface area contributed by atoms with E-state index in [4.69, 9.17) is 0 Å². The van der Waals surface area contributed by atoms with E-state index in [0.29, 0.717) is 18.7 Å². The van der Waals surface area contributed by atoms with Crippen molar-refractivity contribution in [1.29, 1.82) is 0 Å². The fourth-order valence-electron chi connectivity index (χ4n) is 1.99. The van der Waals surface area contributed by atoms with Crippen LogP contribution in [0.1, 0.15) is 23.7 Å². The monoisotopic (exact) mass is 206 g/mol. The third-order valence-electron chi connectivity index (χ3n) is 2.90. The van der Waals surface area contributed by atoms with Gasteiger partial charge >= 0.3 is 0 Å². The zero-order valence-corrected chi connectivity index (χ0v) is 9.16. The van der Waals surface area contributed by atoms with E-state index in [0.717, 1.165) is 16.9 Å². The summed E-state index contributed by atoms with van der Waals surface area (Å²) >= 11 is 0. The third kappa shape index (κ3) is 1.28. The molecule has 0 spiro atoms. The lowest BCUT2D eigenvalue weighted by molar-refractivity contribution is -0.117. The Hall–Kier alpha value is -1.58. The lowest BCUT2D eigenvalue weighted by Crippen LogP contribution is -2.26. The minimum atomic E-state index is 0.0631. The van der Waals surface area contributed by atoms with Crippen molar-refractivity contribution in [3.8, 4) is 5.75 Å². The van der Waals surface area contributed by atoms with Crippen LogP contribution in [-0.4, -0.2) is 22.5 Å². The normalized spacial score (nSPS) is 14.6. The van der Waals surface area contributed by atoms with Crippen molar-refractivity contribution in [3.63, 3.8) is 0 Å². The highest BCUT2D eigenvalue weighted by Crippen LogP contribution is 2.35. The number of rotatable bonds is 1. The van der Waals surface area contributed by atoms with Crippen molar-refractivity contribution < 1.29 is 9.90 Å². The lowest BCUT2D eigenvalue weighted by atomic mass is 10.1. The van der Waals surface area contributed by atoms with Gasteiger partial charge in [0.2, 0.25) is 5.91 Å². The van der Waals surface area contributed by atoms with Gasteiger partial charge in [-0.05, 0) is 20.8 Å². The molecule has 15 heavy (non-hydrogen) atoms. The minimum Gasteiger partial charge on any atom is -0.506 e. The van der Waals surface area contributed by atoms with Crippen LogP contribution in [0, 0.1) is 13.8 Å². The number of aromatic nitrogens is 1. The number of amides is 1. The van der Waals surface area contributed by atoms with Crippen LogP contribution in [0.4, 0.5) is 5.82 Å². The van der Waals surface area contributed by atoms with Crippen LogP contribution < -0.4 is 4.90 Å². The van der Waals surface area contributed by atoms with E-state index in [1.165, 1.54) is 0 Å². The topological polar surface area (TPSA) is 53.4 Å². The van der Waals surface area contributed by atoms with Gasteiger partial charge in [0.1, 0.15) is 11.6 Å². The van der Waals surface area contributed by atoms with Crippen LogP contribution >= 0.6 is 0 Å². The quantitative estimate of drug-likeness (QED) is 0.753. The number of hydrogen-bond donors (Lipinski definition) is 1. The second-order valence-corrected chi connectivity index (χ2v) is 3.79. The molecule has 0 atom stereocenters. The number of nitrogens with zero attached hydrogens (tertiary/aromatic N) is 2. The summed E-state index contributed by atoms with van der Waals surface area (Å²) in [5, 5.41) is 9.72. The summed E-state index contributed by atoms with van der Waals surface area (Å²) in [5.41, 5.74) is 2.23. The van der Waals surface area contributed by atoms with E-state index in [1.54, 1.807) is 11.8 Å². The maximum Gasteiger partial charge on any atom is 0.232 e. The number of likely N-dealkylation sites (N-methyl/N-ethyl adjacent to an activating group) is 1. The molecule has 1 aromatic heterocycles. The number of carbonyl (C=O) groups is 1. The molecule has 80 valence electrons. The van der Waals surface area contributed by atoms with Crippen molar-refractivity contribution in [3.05, 3.63) is 16.8 Å². The zero-order valence-electron chi connectivity index (χ0n) is 9.16. The number of fused-ring (bicyclic) bond motifs is 1. The molecule has 1 N–H and O–H groups in total.